The predicted octanol–water partition coefficient (Wildman–Crippen LogP) is 7.45. The molecule has 0 spiro atoms. The minimum absolute atomic E-state index is 0.130. The first-order valence-electron chi connectivity index (χ1n) is 11.9. The summed E-state index contributed by atoms with van der Waals surface area (Å²) in [5.41, 5.74) is 8.91. The van der Waals surface area contributed by atoms with E-state index in [4.69, 9.17) is 4.98 Å². The molecular formula is C31H26F2N2O. The molecule has 1 aromatic heterocycles. The van der Waals surface area contributed by atoms with Gasteiger partial charge in [0.05, 0.1) is 12.1 Å². The van der Waals surface area contributed by atoms with Crippen molar-refractivity contribution >= 4 is 23.2 Å². The average Bonchev–Trinajstić information content (AvgIpc) is 3.28. The van der Waals surface area contributed by atoms with Crippen molar-refractivity contribution in [3.05, 3.63) is 119 Å². The Balaban J connectivity index is 1.30. The van der Waals surface area contributed by atoms with Gasteiger partial charge in [-0.2, -0.15) is 0 Å². The van der Waals surface area contributed by atoms with E-state index in [0.717, 1.165) is 46.9 Å². The molecular weight excluding hydrogens is 454 g/mol. The molecule has 0 atom stereocenters. The van der Waals surface area contributed by atoms with Crippen LogP contribution in [0.4, 0.5) is 14.5 Å². The fraction of sp³-hybridized carbons (Fsp3) is 0.161. The minimum atomic E-state index is -2.96. The SMILES string of the molecule is Cc1cc(CC(=O)Nc2cccc(C(C)(F)F)c2)ccc1-c1cnc2c(c1)C=C(c1ccccc1)C2. The van der Waals surface area contributed by atoms with Gasteiger partial charge >= 0.3 is 0 Å². The maximum absolute atomic E-state index is 13.6. The predicted molar refractivity (Wildman–Crippen MR) is 141 cm³/mol. The summed E-state index contributed by atoms with van der Waals surface area (Å²) in [7, 11) is 0. The summed E-state index contributed by atoms with van der Waals surface area (Å²) >= 11 is 0. The van der Waals surface area contributed by atoms with E-state index < -0.39 is 5.92 Å². The van der Waals surface area contributed by atoms with Crippen LogP contribution in [0.2, 0.25) is 0 Å². The van der Waals surface area contributed by atoms with Crippen LogP contribution in [0.15, 0.2) is 85.1 Å². The zero-order valence-corrected chi connectivity index (χ0v) is 20.2. The Kier molecular flexibility index (Phi) is 6.23. The van der Waals surface area contributed by atoms with E-state index in [9.17, 15) is 13.6 Å². The molecule has 3 nitrogen and oxygen atoms in total. The van der Waals surface area contributed by atoms with Gasteiger partial charge in [-0.15, -0.1) is 0 Å². The molecule has 0 saturated carbocycles. The third kappa shape index (κ3) is 5.10. The summed E-state index contributed by atoms with van der Waals surface area (Å²) in [5, 5.41) is 2.73. The lowest BCUT2D eigenvalue weighted by molar-refractivity contribution is -0.115. The van der Waals surface area contributed by atoms with Crippen LogP contribution in [0.5, 0.6) is 0 Å². The number of benzene rings is 3. The Morgan fingerprint density at radius 1 is 0.972 bits per heavy atom. The molecule has 1 aliphatic rings. The van der Waals surface area contributed by atoms with E-state index >= 15 is 0 Å². The summed E-state index contributed by atoms with van der Waals surface area (Å²) in [6, 6.07) is 24.2. The second-order valence-electron chi connectivity index (χ2n) is 9.32. The van der Waals surface area contributed by atoms with Gasteiger partial charge in [0, 0.05) is 36.4 Å². The van der Waals surface area contributed by atoms with Gasteiger partial charge < -0.3 is 5.32 Å². The van der Waals surface area contributed by atoms with Gasteiger partial charge in [-0.1, -0.05) is 60.7 Å². The van der Waals surface area contributed by atoms with E-state index in [1.807, 2.05) is 49.5 Å². The second kappa shape index (κ2) is 9.50. The fourth-order valence-corrected chi connectivity index (χ4v) is 4.61. The highest BCUT2D eigenvalue weighted by Gasteiger charge is 2.24. The normalized spacial score (nSPS) is 12.7. The highest BCUT2D eigenvalue weighted by Crippen LogP contribution is 2.34. The number of carbonyl (C=O) groups is 1. The Morgan fingerprint density at radius 2 is 1.78 bits per heavy atom. The Bertz CT molecular complexity index is 1470. The van der Waals surface area contributed by atoms with E-state index in [1.54, 1.807) is 6.07 Å². The molecule has 1 amide bonds. The highest BCUT2D eigenvalue weighted by molar-refractivity contribution is 5.92. The number of allylic oxidation sites excluding steroid dienone is 1. The fourth-order valence-electron chi connectivity index (χ4n) is 4.61. The largest absolute Gasteiger partial charge is 0.326 e. The lowest BCUT2D eigenvalue weighted by Crippen LogP contribution is -2.15. The summed E-state index contributed by atoms with van der Waals surface area (Å²) < 4.78 is 27.2. The van der Waals surface area contributed by atoms with E-state index in [1.165, 1.54) is 29.3 Å². The zero-order chi connectivity index (χ0) is 25.3. The van der Waals surface area contributed by atoms with E-state index in [-0.39, 0.29) is 17.9 Å². The van der Waals surface area contributed by atoms with E-state index in [0.29, 0.717) is 5.69 Å². The van der Waals surface area contributed by atoms with Crippen molar-refractivity contribution in [1.29, 1.82) is 0 Å². The molecule has 1 aliphatic carbocycles. The number of rotatable bonds is 6. The van der Waals surface area contributed by atoms with Gasteiger partial charge in [-0.05, 0) is 64.6 Å². The average molecular weight is 481 g/mol. The van der Waals surface area contributed by atoms with Gasteiger partial charge in [-0.25, -0.2) is 8.78 Å². The van der Waals surface area contributed by atoms with Crippen molar-refractivity contribution in [1.82, 2.24) is 4.98 Å². The van der Waals surface area contributed by atoms with Crippen LogP contribution < -0.4 is 5.32 Å². The number of nitrogens with one attached hydrogen (secondary N) is 1. The van der Waals surface area contributed by atoms with Crippen molar-refractivity contribution in [3.8, 4) is 11.1 Å². The molecule has 0 fully saturated rings. The van der Waals surface area contributed by atoms with Crippen molar-refractivity contribution in [2.24, 2.45) is 0 Å². The van der Waals surface area contributed by atoms with Crippen LogP contribution in [0.3, 0.4) is 0 Å². The van der Waals surface area contributed by atoms with Crippen molar-refractivity contribution in [2.45, 2.75) is 32.6 Å². The van der Waals surface area contributed by atoms with Gasteiger partial charge in [0.1, 0.15) is 0 Å². The number of amides is 1. The molecule has 5 rings (SSSR count). The van der Waals surface area contributed by atoms with Crippen LogP contribution in [0.1, 0.15) is 40.4 Å². The van der Waals surface area contributed by atoms with Gasteiger partial charge in [0.25, 0.3) is 5.92 Å². The molecule has 0 radical (unpaired) electrons. The molecule has 3 aromatic carbocycles. The molecule has 5 heteroatoms. The van der Waals surface area contributed by atoms with Crippen LogP contribution in [-0.2, 0) is 23.6 Å². The third-order valence-corrected chi connectivity index (χ3v) is 6.46. The van der Waals surface area contributed by atoms with Crippen LogP contribution in [0.25, 0.3) is 22.8 Å². The van der Waals surface area contributed by atoms with Gasteiger partial charge in [0.2, 0.25) is 5.91 Å². The van der Waals surface area contributed by atoms with Crippen LogP contribution >= 0.6 is 0 Å². The lowest BCUT2D eigenvalue weighted by Gasteiger charge is -2.13. The number of hydrogen-bond acceptors (Lipinski definition) is 2. The Labute approximate surface area is 209 Å². The maximum atomic E-state index is 13.6. The molecule has 1 heterocycles. The quantitative estimate of drug-likeness (QED) is 0.311. The van der Waals surface area contributed by atoms with Crippen molar-refractivity contribution in [2.75, 3.05) is 5.32 Å². The number of fused-ring (bicyclic) bond motifs is 1. The molecule has 0 bridgehead atoms. The smallest absolute Gasteiger partial charge is 0.270 e. The zero-order valence-electron chi connectivity index (χ0n) is 20.2. The number of aryl methyl sites for hydroxylation is 1. The first kappa shape index (κ1) is 23.6. The number of anilines is 1. The van der Waals surface area contributed by atoms with Crippen molar-refractivity contribution < 1.29 is 13.6 Å². The summed E-state index contributed by atoms with van der Waals surface area (Å²) in [4.78, 5) is 17.3. The summed E-state index contributed by atoms with van der Waals surface area (Å²) in [6.07, 6.45) is 5.09. The molecule has 1 N–H and O–H groups in total. The number of aromatic nitrogens is 1. The minimum Gasteiger partial charge on any atom is -0.326 e. The second-order valence-corrected chi connectivity index (χ2v) is 9.32. The summed E-state index contributed by atoms with van der Waals surface area (Å²) in [6.45, 7) is 2.86. The number of halogens is 2. The number of carbonyl (C=O) groups excluding carboxylic acids is 1. The topological polar surface area (TPSA) is 42.0 Å². The van der Waals surface area contributed by atoms with Crippen molar-refractivity contribution in [3.63, 3.8) is 0 Å². The monoisotopic (exact) mass is 480 g/mol. The van der Waals surface area contributed by atoms with E-state index in [2.05, 4.69) is 29.6 Å². The summed E-state index contributed by atoms with van der Waals surface area (Å²) in [5.74, 6) is -3.21. The standard InChI is InChI=1S/C31H26F2N2O/c1-20-13-21(14-30(36)35-27-10-6-9-26(18-27)31(2,32)33)11-12-28(20)25-16-24-15-23(17-29(24)34-19-25)22-7-4-3-5-8-22/h3-13,15-16,18-19H,14,17H2,1-2H3,(H,35,36). The number of nitrogens with zero attached hydrogens (tertiary/aromatic N) is 1. The third-order valence-electron chi connectivity index (χ3n) is 6.46. The number of pyridine rings is 1. The molecule has 4 aromatic rings. The Morgan fingerprint density at radius 3 is 2.53 bits per heavy atom. The lowest BCUT2D eigenvalue weighted by atomic mass is 9.97. The van der Waals surface area contributed by atoms with Gasteiger partial charge in [-0.3, -0.25) is 9.78 Å². The van der Waals surface area contributed by atoms with Gasteiger partial charge in [0.15, 0.2) is 0 Å². The first-order chi connectivity index (χ1) is 17.3. The molecule has 0 unspecified atom stereocenters. The highest BCUT2D eigenvalue weighted by atomic mass is 19.3. The Hall–Kier alpha value is -4.12. The number of hydrogen-bond donors (Lipinski definition) is 1. The molecule has 36 heavy (non-hydrogen) atoms. The van der Waals surface area contributed by atoms with Crippen LogP contribution in [0, 0.1) is 6.92 Å². The molecule has 0 saturated heterocycles. The van der Waals surface area contributed by atoms with Crippen LogP contribution in [-0.4, -0.2) is 10.9 Å². The first-order valence-corrected chi connectivity index (χ1v) is 11.9. The number of alkyl halides is 2. The molecule has 180 valence electrons. The molecule has 0 aliphatic heterocycles. The maximum Gasteiger partial charge on any atom is 0.270 e.